The van der Waals surface area contributed by atoms with Crippen molar-refractivity contribution in [2.24, 2.45) is 0 Å². The molecule has 0 aliphatic rings. The van der Waals surface area contributed by atoms with Crippen molar-refractivity contribution in [2.75, 3.05) is 20.3 Å². The Morgan fingerprint density at radius 1 is 1.13 bits per heavy atom. The van der Waals surface area contributed by atoms with Crippen molar-refractivity contribution in [3.05, 3.63) is 59.9 Å². The molecule has 2 rings (SSSR count). The van der Waals surface area contributed by atoms with E-state index in [0.29, 0.717) is 24.6 Å². The van der Waals surface area contributed by atoms with E-state index in [0.717, 1.165) is 5.56 Å². The largest absolute Gasteiger partial charge is 0.493 e. The molecule has 5 heteroatoms. The van der Waals surface area contributed by atoms with Crippen LogP contribution in [0.3, 0.4) is 0 Å². The van der Waals surface area contributed by atoms with Crippen molar-refractivity contribution in [1.82, 2.24) is 4.90 Å². The van der Waals surface area contributed by atoms with Crippen LogP contribution in [0.2, 0.25) is 0 Å². The normalized spacial score (nSPS) is 10.2. The van der Waals surface area contributed by atoms with Crippen molar-refractivity contribution >= 4 is 5.91 Å². The molecule has 0 aliphatic carbocycles. The molecule has 23 heavy (non-hydrogen) atoms. The maximum Gasteiger partial charge on any atom is 0.260 e. The number of para-hydroxylation sites is 2. The predicted octanol–water partition coefficient (Wildman–Crippen LogP) is 3.26. The zero-order valence-corrected chi connectivity index (χ0v) is 13.3. The van der Waals surface area contributed by atoms with Crippen molar-refractivity contribution in [2.45, 2.75) is 13.5 Å². The van der Waals surface area contributed by atoms with E-state index in [1.54, 1.807) is 36.3 Å². The zero-order chi connectivity index (χ0) is 16.7. The third-order valence-electron chi connectivity index (χ3n) is 3.42. The molecule has 0 aliphatic heterocycles. The second-order valence-electron chi connectivity index (χ2n) is 4.98. The molecule has 0 N–H and O–H groups in total. The van der Waals surface area contributed by atoms with Crippen LogP contribution in [-0.4, -0.2) is 31.1 Å². The number of benzene rings is 2. The highest BCUT2D eigenvalue weighted by atomic mass is 19.1. The van der Waals surface area contributed by atoms with Crippen molar-refractivity contribution in [3.63, 3.8) is 0 Å². The maximum atomic E-state index is 13.2. The highest BCUT2D eigenvalue weighted by molar-refractivity contribution is 5.77. The molecule has 122 valence electrons. The van der Waals surface area contributed by atoms with Gasteiger partial charge in [-0.2, -0.15) is 0 Å². The van der Waals surface area contributed by atoms with E-state index in [-0.39, 0.29) is 18.3 Å². The second-order valence-corrected chi connectivity index (χ2v) is 4.98. The minimum atomic E-state index is -0.309. The van der Waals surface area contributed by atoms with Crippen LogP contribution in [0.5, 0.6) is 11.5 Å². The highest BCUT2D eigenvalue weighted by Crippen LogP contribution is 2.25. The van der Waals surface area contributed by atoms with E-state index in [4.69, 9.17) is 9.47 Å². The van der Waals surface area contributed by atoms with Crippen LogP contribution < -0.4 is 9.47 Å². The average Bonchev–Trinajstić information content (AvgIpc) is 2.57. The first-order valence-corrected chi connectivity index (χ1v) is 7.42. The van der Waals surface area contributed by atoms with Gasteiger partial charge in [-0.05, 0) is 36.8 Å². The number of likely N-dealkylation sites (N-methyl/N-ethyl adjacent to an activating group) is 1. The molecule has 0 atom stereocenters. The zero-order valence-electron chi connectivity index (χ0n) is 13.3. The average molecular weight is 317 g/mol. The molecule has 1 amide bonds. The molecule has 0 unspecified atom stereocenters. The summed E-state index contributed by atoms with van der Waals surface area (Å²) in [7, 11) is 1.55. The van der Waals surface area contributed by atoms with Gasteiger partial charge in [0.2, 0.25) is 0 Å². The highest BCUT2D eigenvalue weighted by Gasteiger charge is 2.14. The molecular weight excluding hydrogens is 297 g/mol. The quantitative estimate of drug-likeness (QED) is 0.787. The van der Waals surface area contributed by atoms with Gasteiger partial charge < -0.3 is 14.4 Å². The van der Waals surface area contributed by atoms with Crippen molar-refractivity contribution in [1.29, 1.82) is 0 Å². The Bertz CT molecular complexity index is 660. The number of ether oxygens (including phenoxy) is 2. The fourth-order valence-corrected chi connectivity index (χ4v) is 2.20. The van der Waals surface area contributed by atoms with Gasteiger partial charge in [-0.3, -0.25) is 4.79 Å². The minimum absolute atomic E-state index is 0.0937. The molecule has 4 nitrogen and oxygen atoms in total. The molecule has 2 aromatic carbocycles. The van der Waals surface area contributed by atoms with E-state index in [9.17, 15) is 9.18 Å². The maximum absolute atomic E-state index is 13.2. The molecule has 2 aromatic rings. The second kappa shape index (κ2) is 8.17. The van der Waals surface area contributed by atoms with Crippen molar-refractivity contribution < 1.29 is 18.7 Å². The summed E-state index contributed by atoms with van der Waals surface area (Å²) < 4.78 is 24.0. The van der Waals surface area contributed by atoms with E-state index >= 15 is 0 Å². The first-order chi connectivity index (χ1) is 11.1. The lowest BCUT2D eigenvalue weighted by molar-refractivity contribution is -0.133. The Hall–Kier alpha value is -2.56. The molecule has 0 fully saturated rings. The SMILES string of the molecule is CCN(Cc1cccc(F)c1)C(=O)COc1ccccc1OC. The summed E-state index contributed by atoms with van der Waals surface area (Å²) in [6, 6.07) is 13.4. The molecule has 0 aromatic heterocycles. The Balaban J connectivity index is 1.97. The third-order valence-corrected chi connectivity index (χ3v) is 3.42. The van der Waals surface area contributed by atoms with Crippen molar-refractivity contribution in [3.8, 4) is 11.5 Å². The molecule has 0 bridgehead atoms. The first-order valence-electron chi connectivity index (χ1n) is 7.42. The van der Waals surface area contributed by atoms with Gasteiger partial charge in [0.1, 0.15) is 5.82 Å². The summed E-state index contributed by atoms with van der Waals surface area (Å²) in [5, 5.41) is 0. The summed E-state index contributed by atoms with van der Waals surface area (Å²) in [5.41, 5.74) is 0.748. The molecule has 0 spiro atoms. The van der Waals surface area contributed by atoms with E-state index in [1.165, 1.54) is 12.1 Å². The topological polar surface area (TPSA) is 38.8 Å². The summed E-state index contributed by atoms with van der Waals surface area (Å²) in [6.07, 6.45) is 0. The standard InChI is InChI=1S/C18H20FNO3/c1-3-20(12-14-7-6-8-15(19)11-14)18(21)13-23-17-10-5-4-9-16(17)22-2/h4-11H,3,12-13H2,1-2H3. The van der Waals surface area contributed by atoms with E-state index in [1.807, 2.05) is 19.1 Å². The molecule has 0 saturated heterocycles. The van der Waals surface area contributed by atoms with Crippen LogP contribution in [0, 0.1) is 5.82 Å². The van der Waals surface area contributed by atoms with Gasteiger partial charge in [-0.15, -0.1) is 0 Å². The van der Waals surface area contributed by atoms with Crippen LogP contribution in [0.25, 0.3) is 0 Å². The predicted molar refractivity (Wildman–Crippen MR) is 86.0 cm³/mol. The Morgan fingerprint density at radius 3 is 2.52 bits per heavy atom. The van der Waals surface area contributed by atoms with Gasteiger partial charge in [0.15, 0.2) is 18.1 Å². The van der Waals surface area contributed by atoms with Gasteiger partial charge in [0.25, 0.3) is 5.91 Å². The number of methoxy groups -OCH3 is 1. The number of hydrogen-bond acceptors (Lipinski definition) is 3. The smallest absolute Gasteiger partial charge is 0.260 e. The lowest BCUT2D eigenvalue weighted by Gasteiger charge is -2.21. The summed E-state index contributed by atoms with van der Waals surface area (Å²) in [6.45, 7) is 2.65. The fourth-order valence-electron chi connectivity index (χ4n) is 2.20. The number of halogens is 1. The number of amides is 1. The van der Waals surface area contributed by atoms with Gasteiger partial charge in [0.05, 0.1) is 7.11 Å². The molecule has 0 heterocycles. The van der Waals surface area contributed by atoms with Crippen LogP contribution >= 0.6 is 0 Å². The van der Waals surface area contributed by atoms with Crippen LogP contribution in [0.1, 0.15) is 12.5 Å². The molecule has 0 saturated carbocycles. The number of nitrogens with zero attached hydrogens (tertiary/aromatic N) is 1. The van der Waals surface area contributed by atoms with Crippen LogP contribution in [-0.2, 0) is 11.3 Å². The number of rotatable bonds is 7. The lowest BCUT2D eigenvalue weighted by Crippen LogP contribution is -2.34. The fraction of sp³-hybridized carbons (Fsp3) is 0.278. The number of hydrogen-bond donors (Lipinski definition) is 0. The monoisotopic (exact) mass is 317 g/mol. The van der Waals surface area contributed by atoms with Gasteiger partial charge in [-0.25, -0.2) is 4.39 Å². The Morgan fingerprint density at radius 2 is 1.87 bits per heavy atom. The Kier molecular flexibility index (Phi) is 5.97. The van der Waals surface area contributed by atoms with Gasteiger partial charge >= 0.3 is 0 Å². The molecule has 0 radical (unpaired) electrons. The summed E-state index contributed by atoms with van der Waals surface area (Å²) in [5.74, 6) is 0.623. The minimum Gasteiger partial charge on any atom is -0.493 e. The van der Waals surface area contributed by atoms with Gasteiger partial charge in [0, 0.05) is 13.1 Å². The summed E-state index contributed by atoms with van der Waals surface area (Å²) in [4.78, 5) is 13.9. The Labute approximate surface area is 135 Å². The van der Waals surface area contributed by atoms with E-state index in [2.05, 4.69) is 0 Å². The summed E-state index contributed by atoms with van der Waals surface area (Å²) >= 11 is 0. The first kappa shape index (κ1) is 16.8. The number of carbonyl (C=O) groups is 1. The molecular formula is C18H20FNO3. The van der Waals surface area contributed by atoms with Crippen LogP contribution in [0.15, 0.2) is 48.5 Å². The van der Waals surface area contributed by atoms with Crippen LogP contribution in [0.4, 0.5) is 4.39 Å². The lowest BCUT2D eigenvalue weighted by atomic mass is 10.2. The van der Waals surface area contributed by atoms with Gasteiger partial charge in [-0.1, -0.05) is 24.3 Å². The number of carbonyl (C=O) groups excluding carboxylic acids is 1. The van der Waals surface area contributed by atoms with E-state index < -0.39 is 0 Å². The third kappa shape index (κ3) is 4.71.